The van der Waals surface area contributed by atoms with Crippen LogP contribution in [0.2, 0.25) is 0 Å². The smallest absolute Gasteiger partial charge is 0.332 e. The second-order valence-corrected chi connectivity index (χ2v) is 5.32. The molecule has 88 valence electrons. The molecule has 0 aromatic carbocycles. The summed E-state index contributed by atoms with van der Waals surface area (Å²) in [7, 11) is 2.44. The van der Waals surface area contributed by atoms with Gasteiger partial charge >= 0.3 is 5.97 Å². The highest BCUT2D eigenvalue weighted by Crippen LogP contribution is 2.13. The molecule has 0 atom stereocenters. The molecule has 0 aromatic rings. The van der Waals surface area contributed by atoms with E-state index in [9.17, 15) is 4.79 Å². The van der Waals surface area contributed by atoms with Crippen molar-refractivity contribution in [2.45, 2.75) is 25.7 Å². The van der Waals surface area contributed by atoms with Crippen LogP contribution in [0.3, 0.4) is 0 Å². The Balaban J connectivity index is 4.02. The molecule has 0 radical (unpaired) electrons. The molecule has 15 heavy (non-hydrogen) atoms. The van der Waals surface area contributed by atoms with Gasteiger partial charge in [0.1, 0.15) is 14.9 Å². The van der Waals surface area contributed by atoms with Crippen LogP contribution < -0.4 is 0 Å². The standard InChI is InChI=1S/C10H20O4Si/c1-6-10(12-4,13-5)15-7-14-9(11)8(2)3/h2,6-7,15H2,1,3-5H3. The van der Waals surface area contributed by atoms with Crippen molar-refractivity contribution in [3.8, 4) is 0 Å². The number of esters is 1. The minimum absolute atomic E-state index is 0.347. The third-order valence-corrected chi connectivity index (χ3v) is 4.59. The Bertz CT molecular complexity index is 215. The molecule has 0 bridgehead atoms. The molecule has 0 aliphatic rings. The fourth-order valence-corrected chi connectivity index (χ4v) is 2.54. The molecule has 0 rings (SSSR count). The highest BCUT2D eigenvalue weighted by atomic mass is 28.2. The van der Waals surface area contributed by atoms with Gasteiger partial charge in [-0.15, -0.1) is 0 Å². The molecule has 5 heteroatoms. The monoisotopic (exact) mass is 232 g/mol. The molecule has 4 nitrogen and oxygen atoms in total. The van der Waals surface area contributed by atoms with Crippen LogP contribution in [0, 0.1) is 0 Å². The Morgan fingerprint density at radius 2 is 1.93 bits per heavy atom. The van der Waals surface area contributed by atoms with Crippen LogP contribution in [0.4, 0.5) is 0 Å². The quantitative estimate of drug-likeness (QED) is 0.279. The minimum atomic E-state index is -0.785. The van der Waals surface area contributed by atoms with Gasteiger partial charge in [0, 0.05) is 19.8 Å². The first-order chi connectivity index (χ1) is 7.01. The van der Waals surface area contributed by atoms with Crippen LogP contribution in [0.1, 0.15) is 20.3 Å². The summed E-state index contributed by atoms with van der Waals surface area (Å²) < 4.78 is 15.6. The molecule has 0 unspecified atom stereocenters. The lowest BCUT2D eigenvalue weighted by Crippen LogP contribution is -2.42. The minimum Gasteiger partial charge on any atom is -0.467 e. The Hall–Kier alpha value is -0.653. The fraction of sp³-hybridized carbons (Fsp3) is 0.700. The van der Waals surface area contributed by atoms with E-state index < -0.39 is 14.9 Å². The van der Waals surface area contributed by atoms with E-state index in [1.165, 1.54) is 0 Å². The van der Waals surface area contributed by atoms with E-state index in [2.05, 4.69) is 6.58 Å². The summed E-state index contributed by atoms with van der Waals surface area (Å²) in [5.74, 6) is -0.347. The van der Waals surface area contributed by atoms with Gasteiger partial charge in [0.15, 0.2) is 0 Å². The van der Waals surface area contributed by atoms with Gasteiger partial charge in [-0.1, -0.05) is 13.5 Å². The van der Waals surface area contributed by atoms with Crippen molar-refractivity contribution in [2.24, 2.45) is 0 Å². The Labute approximate surface area is 93.4 Å². The summed E-state index contributed by atoms with van der Waals surface area (Å²) in [5, 5.41) is 0. The third kappa shape index (κ3) is 4.59. The molecule has 0 heterocycles. The average Bonchev–Trinajstić information content (AvgIpc) is 2.24. The van der Waals surface area contributed by atoms with Crippen LogP contribution in [0.15, 0.2) is 12.2 Å². The molecular weight excluding hydrogens is 212 g/mol. The zero-order valence-corrected chi connectivity index (χ0v) is 11.4. The van der Waals surface area contributed by atoms with Gasteiger partial charge in [-0.25, -0.2) is 4.79 Å². The zero-order valence-electron chi connectivity index (χ0n) is 9.96. The summed E-state index contributed by atoms with van der Waals surface area (Å²) in [6.07, 6.45) is 1.16. The molecule has 0 aliphatic heterocycles. The van der Waals surface area contributed by atoms with Gasteiger partial charge in [0.2, 0.25) is 0 Å². The summed E-state index contributed by atoms with van der Waals surface area (Å²) in [6.45, 7) is 7.12. The van der Waals surface area contributed by atoms with Crippen LogP contribution in [0.25, 0.3) is 0 Å². The van der Waals surface area contributed by atoms with Crippen molar-refractivity contribution >= 4 is 15.5 Å². The van der Waals surface area contributed by atoms with Crippen LogP contribution >= 0.6 is 0 Å². The van der Waals surface area contributed by atoms with Crippen molar-refractivity contribution in [1.82, 2.24) is 0 Å². The van der Waals surface area contributed by atoms with Gasteiger partial charge in [-0.3, -0.25) is 0 Å². The average molecular weight is 232 g/mol. The Morgan fingerprint density at radius 1 is 1.40 bits per heavy atom. The zero-order chi connectivity index (χ0) is 11.9. The number of hydrogen-bond acceptors (Lipinski definition) is 4. The van der Waals surface area contributed by atoms with Crippen molar-refractivity contribution in [3.63, 3.8) is 0 Å². The van der Waals surface area contributed by atoms with E-state index in [0.717, 1.165) is 6.42 Å². The van der Waals surface area contributed by atoms with E-state index in [0.29, 0.717) is 11.8 Å². The van der Waals surface area contributed by atoms with Crippen molar-refractivity contribution in [2.75, 3.05) is 20.4 Å². The maximum absolute atomic E-state index is 11.1. The summed E-state index contributed by atoms with van der Waals surface area (Å²) in [5.41, 5.74) is -0.101. The van der Waals surface area contributed by atoms with Gasteiger partial charge < -0.3 is 14.2 Å². The van der Waals surface area contributed by atoms with E-state index in [4.69, 9.17) is 14.2 Å². The van der Waals surface area contributed by atoms with Crippen molar-refractivity contribution in [3.05, 3.63) is 12.2 Å². The Morgan fingerprint density at radius 3 is 2.27 bits per heavy atom. The van der Waals surface area contributed by atoms with Gasteiger partial charge in [0.05, 0.1) is 6.23 Å². The SMILES string of the molecule is C=C(C)C(=O)OC[SiH2]C(CC)(OC)OC. The molecule has 0 saturated heterocycles. The highest BCUT2D eigenvalue weighted by Gasteiger charge is 2.27. The van der Waals surface area contributed by atoms with Crippen LogP contribution in [-0.2, 0) is 19.0 Å². The van der Waals surface area contributed by atoms with Crippen molar-refractivity contribution < 1.29 is 19.0 Å². The lowest BCUT2D eigenvalue weighted by Gasteiger charge is -2.29. The normalized spacial score (nSPS) is 12.0. The second-order valence-electron chi connectivity index (χ2n) is 3.34. The van der Waals surface area contributed by atoms with E-state index in [1.807, 2.05) is 6.92 Å². The number of methoxy groups -OCH3 is 2. The number of hydrogen-bond donors (Lipinski definition) is 0. The van der Waals surface area contributed by atoms with E-state index >= 15 is 0 Å². The molecule has 0 amide bonds. The van der Waals surface area contributed by atoms with Crippen LogP contribution in [0.5, 0.6) is 0 Å². The number of carbonyl (C=O) groups excluding carboxylic acids is 1. The molecule has 0 fully saturated rings. The third-order valence-electron chi connectivity index (χ3n) is 2.35. The molecule has 0 spiro atoms. The molecule has 0 N–H and O–H groups in total. The largest absolute Gasteiger partial charge is 0.467 e. The lowest BCUT2D eigenvalue weighted by atomic mass is 10.4. The summed E-state index contributed by atoms with van der Waals surface area (Å²) >= 11 is 0. The summed E-state index contributed by atoms with van der Waals surface area (Å²) in [6, 6.07) is 0. The highest BCUT2D eigenvalue weighted by molar-refractivity contribution is 6.39. The number of carbonyl (C=O) groups is 1. The van der Waals surface area contributed by atoms with Crippen LogP contribution in [-0.4, -0.2) is 41.3 Å². The first-order valence-corrected chi connectivity index (χ1v) is 6.65. The first-order valence-electron chi connectivity index (χ1n) is 4.94. The Kier molecular flexibility index (Phi) is 6.47. The maximum atomic E-state index is 11.1. The first kappa shape index (κ1) is 14.3. The maximum Gasteiger partial charge on any atom is 0.332 e. The predicted octanol–water partition coefficient (Wildman–Crippen LogP) is 0.589. The predicted molar refractivity (Wildman–Crippen MR) is 61.4 cm³/mol. The fourth-order valence-electron chi connectivity index (χ4n) is 1.18. The van der Waals surface area contributed by atoms with Gasteiger partial charge in [0.25, 0.3) is 0 Å². The van der Waals surface area contributed by atoms with Gasteiger partial charge in [-0.05, 0) is 13.3 Å². The second kappa shape index (κ2) is 6.76. The van der Waals surface area contributed by atoms with Gasteiger partial charge in [-0.2, -0.15) is 0 Å². The number of rotatable bonds is 7. The summed E-state index contributed by atoms with van der Waals surface area (Å²) in [4.78, 5) is 11.1. The molecule has 0 aromatic heterocycles. The molecule has 0 aliphatic carbocycles. The molecular formula is C10H20O4Si. The number of ether oxygens (including phenoxy) is 3. The molecule has 0 saturated carbocycles. The topological polar surface area (TPSA) is 44.8 Å². The van der Waals surface area contributed by atoms with E-state index in [1.54, 1.807) is 21.1 Å². The van der Waals surface area contributed by atoms with E-state index in [-0.39, 0.29) is 5.97 Å². The van der Waals surface area contributed by atoms with Crippen molar-refractivity contribution in [1.29, 1.82) is 0 Å². The lowest BCUT2D eigenvalue weighted by molar-refractivity contribution is -0.149.